The normalized spacial score (nSPS) is 11.6. The molecule has 100 valence electrons. The fraction of sp³-hybridized carbons (Fsp3) is 0.231. The summed E-state index contributed by atoms with van der Waals surface area (Å²) >= 11 is 5.86. The Morgan fingerprint density at radius 2 is 2.26 bits per heavy atom. The van der Waals surface area contributed by atoms with Crippen LogP contribution in [0.4, 0.5) is 0 Å². The summed E-state index contributed by atoms with van der Waals surface area (Å²) in [5.41, 5.74) is 7.32. The molecule has 0 aliphatic rings. The van der Waals surface area contributed by atoms with E-state index < -0.39 is 0 Å². The van der Waals surface area contributed by atoms with Crippen molar-refractivity contribution in [3.05, 3.63) is 52.2 Å². The first-order valence-electron chi connectivity index (χ1n) is 5.70. The zero-order valence-electron chi connectivity index (χ0n) is 10.7. The van der Waals surface area contributed by atoms with Crippen LogP contribution in [0.3, 0.4) is 0 Å². The lowest BCUT2D eigenvalue weighted by Crippen LogP contribution is -2.13. The van der Waals surface area contributed by atoms with Crippen molar-refractivity contribution in [1.82, 2.24) is 4.98 Å². The molecule has 6 heteroatoms. The van der Waals surface area contributed by atoms with Gasteiger partial charge in [-0.05, 0) is 26.0 Å². The predicted octanol–water partition coefficient (Wildman–Crippen LogP) is 2.78. The first kappa shape index (κ1) is 13.4. The van der Waals surface area contributed by atoms with E-state index >= 15 is 0 Å². The molecule has 1 heterocycles. The minimum Gasteiger partial charge on any atom is -0.442 e. The summed E-state index contributed by atoms with van der Waals surface area (Å²) in [7, 11) is 0. The van der Waals surface area contributed by atoms with Crippen molar-refractivity contribution in [2.75, 3.05) is 0 Å². The maximum absolute atomic E-state index is 5.86. The highest BCUT2D eigenvalue weighted by atomic mass is 35.5. The van der Waals surface area contributed by atoms with Crippen LogP contribution in [-0.2, 0) is 11.4 Å². The fourth-order valence-electron chi connectivity index (χ4n) is 1.46. The molecule has 0 fully saturated rings. The number of hydrogen-bond donors (Lipinski definition) is 1. The van der Waals surface area contributed by atoms with Crippen molar-refractivity contribution >= 4 is 17.4 Å². The van der Waals surface area contributed by atoms with Gasteiger partial charge in [-0.15, -0.1) is 0 Å². The summed E-state index contributed by atoms with van der Waals surface area (Å²) in [5, 5.41) is 4.40. The second-order valence-corrected chi connectivity index (χ2v) is 4.45. The maximum Gasteiger partial charge on any atom is 0.235 e. The molecule has 1 aromatic carbocycles. The summed E-state index contributed by atoms with van der Waals surface area (Å²) in [6.07, 6.45) is 0. The number of halogens is 1. The number of rotatable bonds is 4. The minimum absolute atomic E-state index is 0.135. The van der Waals surface area contributed by atoms with E-state index in [0.717, 1.165) is 11.5 Å². The highest BCUT2D eigenvalue weighted by Crippen LogP contribution is 2.11. The van der Waals surface area contributed by atoms with Crippen LogP contribution >= 0.6 is 11.6 Å². The quantitative estimate of drug-likeness (QED) is 0.530. The molecule has 1 aromatic heterocycles. The molecule has 0 saturated heterocycles. The summed E-state index contributed by atoms with van der Waals surface area (Å²) in [6.45, 7) is 3.84. The zero-order valence-corrected chi connectivity index (χ0v) is 11.4. The molecule has 2 rings (SSSR count). The second kappa shape index (κ2) is 5.75. The van der Waals surface area contributed by atoms with Gasteiger partial charge < -0.3 is 15.0 Å². The summed E-state index contributed by atoms with van der Waals surface area (Å²) in [5.74, 6) is 1.49. The third kappa shape index (κ3) is 3.48. The number of hydrogen-bond acceptors (Lipinski definition) is 4. The number of oxime groups is 1. The Morgan fingerprint density at radius 1 is 1.47 bits per heavy atom. The van der Waals surface area contributed by atoms with E-state index in [1.807, 2.05) is 13.8 Å². The lowest BCUT2D eigenvalue weighted by atomic mass is 10.2. The molecule has 0 unspecified atom stereocenters. The average Bonchev–Trinajstić information content (AvgIpc) is 2.68. The number of aryl methyl sites for hydroxylation is 2. The summed E-state index contributed by atoms with van der Waals surface area (Å²) in [4.78, 5) is 9.28. The van der Waals surface area contributed by atoms with E-state index in [0.29, 0.717) is 16.5 Å². The van der Waals surface area contributed by atoms with Crippen LogP contribution in [0, 0.1) is 13.8 Å². The highest BCUT2D eigenvalue weighted by molar-refractivity contribution is 6.31. The van der Waals surface area contributed by atoms with Crippen LogP contribution in [0.15, 0.2) is 33.8 Å². The fourth-order valence-corrected chi connectivity index (χ4v) is 1.65. The molecular weight excluding hydrogens is 266 g/mol. The Kier molecular flexibility index (Phi) is 4.06. The maximum atomic E-state index is 5.86. The molecule has 5 nitrogen and oxygen atoms in total. The standard InChI is InChI=1S/C13H14ClN3O2/c1-8-9(2)19-12(16-8)7-18-17-13(15)10-4-3-5-11(14)6-10/h3-6H,7H2,1-2H3,(H2,15,17). The van der Waals surface area contributed by atoms with E-state index in [1.165, 1.54) is 0 Å². The van der Waals surface area contributed by atoms with E-state index in [9.17, 15) is 0 Å². The third-order valence-electron chi connectivity index (χ3n) is 2.54. The molecule has 0 amide bonds. The van der Waals surface area contributed by atoms with Crippen molar-refractivity contribution in [2.24, 2.45) is 10.9 Å². The van der Waals surface area contributed by atoms with Gasteiger partial charge in [-0.25, -0.2) is 4.98 Å². The van der Waals surface area contributed by atoms with Crippen LogP contribution in [0.2, 0.25) is 5.02 Å². The highest BCUT2D eigenvalue weighted by Gasteiger charge is 2.06. The average molecular weight is 280 g/mol. The number of oxazole rings is 1. The Balaban J connectivity index is 1.99. The van der Waals surface area contributed by atoms with Crippen molar-refractivity contribution in [3.8, 4) is 0 Å². The van der Waals surface area contributed by atoms with E-state index in [2.05, 4.69) is 10.1 Å². The molecule has 0 spiro atoms. The van der Waals surface area contributed by atoms with Gasteiger partial charge in [0.15, 0.2) is 12.4 Å². The number of nitrogens with two attached hydrogens (primary N) is 1. The monoisotopic (exact) mass is 279 g/mol. The predicted molar refractivity (Wildman–Crippen MR) is 72.9 cm³/mol. The van der Waals surface area contributed by atoms with Crippen molar-refractivity contribution in [3.63, 3.8) is 0 Å². The number of aromatic nitrogens is 1. The largest absolute Gasteiger partial charge is 0.442 e. The topological polar surface area (TPSA) is 73.6 Å². The van der Waals surface area contributed by atoms with Gasteiger partial charge in [-0.1, -0.05) is 28.9 Å². The lowest BCUT2D eigenvalue weighted by Gasteiger charge is -2.01. The smallest absolute Gasteiger partial charge is 0.235 e. The molecule has 0 bridgehead atoms. The zero-order chi connectivity index (χ0) is 13.8. The minimum atomic E-state index is 0.135. The first-order chi connectivity index (χ1) is 9.06. The van der Waals surface area contributed by atoms with Gasteiger partial charge in [0.1, 0.15) is 5.76 Å². The van der Waals surface area contributed by atoms with Crippen LogP contribution in [0.1, 0.15) is 22.9 Å². The SMILES string of the molecule is Cc1nc(CO/N=C(\N)c2cccc(Cl)c2)oc1C. The van der Waals surface area contributed by atoms with E-state index in [-0.39, 0.29) is 12.4 Å². The Hall–Kier alpha value is -2.01. The van der Waals surface area contributed by atoms with Crippen LogP contribution < -0.4 is 5.73 Å². The number of benzene rings is 1. The second-order valence-electron chi connectivity index (χ2n) is 4.01. The molecule has 2 N–H and O–H groups in total. The van der Waals surface area contributed by atoms with E-state index in [1.54, 1.807) is 24.3 Å². The van der Waals surface area contributed by atoms with Crippen LogP contribution in [-0.4, -0.2) is 10.8 Å². The number of amidine groups is 1. The van der Waals surface area contributed by atoms with Gasteiger partial charge in [0.25, 0.3) is 0 Å². The Labute approximate surface area is 116 Å². The molecule has 0 atom stereocenters. The van der Waals surface area contributed by atoms with Gasteiger partial charge in [-0.3, -0.25) is 0 Å². The van der Waals surface area contributed by atoms with Gasteiger partial charge in [-0.2, -0.15) is 0 Å². The molecule has 19 heavy (non-hydrogen) atoms. The van der Waals surface area contributed by atoms with Gasteiger partial charge in [0, 0.05) is 10.6 Å². The molecule has 2 aromatic rings. The molecule has 0 aliphatic carbocycles. The number of nitrogens with zero attached hydrogens (tertiary/aromatic N) is 2. The lowest BCUT2D eigenvalue weighted by molar-refractivity contribution is 0.110. The van der Waals surface area contributed by atoms with Crippen LogP contribution in [0.5, 0.6) is 0 Å². The van der Waals surface area contributed by atoms with E-state index in [4.69, 9.17) is 26.6 Å². The van der Waals surface area contributed by atoms with Crippen molar-refractivity contribution in [1.29, 1.82) is 0 Å². The Morgan fingerprint density at radius 3 is 2.89 bits per heavy atom. The molecule has 0 aliphatic heterocycles. The van der Waals surface area contributed by atoms with Crippen molar-refractivity contribution < 1.29 is 9.25 Å². The summed E-state index contributed by atoms with van der Waals surface area (Å²) in [6, 6.07) is 7.06. The van der Waals surface area contributed by atoms with Crippen LogP contribution in [0.25, 0.3) is 0 Å². The first-order valence-corrected chi connectivity index (χ1v) is 6.08. The van der Waals surface area contributed by atoms with Gasteiger partial charge in [0.05, 0.1) is 5.69 Å². The van der Waals surface area contributed by atoms with Crippen molar-refractivity contribution in [2.45, 2.75) is 20.5 Å². The van der Waals surface area contributed by atoms with Gasteiger partial charge in [0.2, 0.25) is 5.89 Å². The molecular formula is C13H14ClN3O2. The summed E-state index contributed by atoms with van der Waals surface area (Å²) < 4.78 is 5.35. The third-order valence-corrected chi connectivity index (χ3v) is 2.78. The molecule has 0 saturated carbocycles. The Bertz CT molecular complexity index is 588. The van der Waals surface area contributed by atoms with Gasteiger partial charge >= 0.3 is 0 Å². The molecule has 0 radical (unpaired) electrons.